The van der Waals surface area contributed by atoms with Crippen LogP contribution in [0.4, 0.5) is 5.69 Å². The molecule has 1 unspecified atom stereocenters. The van der Waals surface area contributed by atoms with Gasteiger partial charge in [-0.2, -0.15) is 0 Å². The van der Waals surface area contributed by atoms with Gasteiger partial charge in [0.05, 0.1) is 30.5 Å². The molecular formula is C19H23N3O4S. The summed E-state index contributed by atoms with van der Waals surface area (Å²) in [4.78, 5) is 18.3. The summed E-state index contributed by atoms with van der Waals surface area (Å²) in [6, 6.07) is 10.9. The van der Waals surface area contributed by atoms with Crippen molar-refractivity contribution in [1.82, 2.24) is 9.88 Å². The number of carbonyl (C=O) groups excluding carboxylic acids is 1. The number of pyridine rings is 1. The second kappa shape index (κ2) is 7.96. The Labute approximate surface area is 159 Å². The summed E-state index contributed by atoms with van der Waals surface area (Å²) in [6.45, 7) is 0.568. The van der Waals surface area contributed by atoms with Gasteiger partial charge in [0.2, 0.25) is 0 Å². The normalized spacial score (nSPS) is 18.1. The quantitative estimate of drug-likeness (QED) is 0.813. The third-order valence-electron chi connectivity index (χ3n) is 4.73. The summed E-state index contributed by atoms with van der Waals surface area (Å²) in [5.74, 6) is 0.689. The van der Waals surface area contributed by atoms with Crippen LogP contribution in [0.3, 0.4) is 0 Å². The summed E-state index contributed by atoms with van der Waals surface area (Å²) in [6.07, 6.45) is 2.07. The van der Waals surface area contributed by atoms with Gasteiger partial charge in [0.25, 0.3) is 5.91 Å². The lowest BCUT2D eigenvalue weighted by molar-refractivity contribution is 0.0742. The Hall–Kier alpha value is -2.61. The van der Waals surface area contributed by atoms with E-state index in [4.69, 9.17) is 4.74 Å². The second-order valence-corrected chi connectivity index (χ2v) is 8.80. The molecule has 0 spiro atoms. The zero-order chi connectivity index (χ0) is 19.4. The third-order valence-corrected chi connectivity index (χ3v) is 6.48. The molecule has 3 rings (SSSR count). The standard InChI is InChI=1S/C19H23N3O4S/c1-22(16-9-10-27(24,25)13-16)19(23)17-8-7-15(12-21-17)20-11-14-5-3-4-6-18(14)26-2/h3-8,12,16,20H,9-11,13H2,1-2H3. The molecule has 27 heavy (non-hydrogen) atoms. The van der Waals surface area contributed by atoms with Gasteiger partial charge in [-0.05, 0) is 24.6 Å². The summed E-state index contributed by atoms with van der Waals surface area (Å²) < 4.78 is 28.6. The highest BCUT2D eigenvalue weighted by Gasteiger charge is 2.33. The summed E-state index contributed by atoms with van der Waals surface area (Å²) in [7, 11) is 0.223. The topological polar surface area (TPSA) is 88.6 Å². The third kappa shape index (κ3) is 4.57. The minimum Gasteiger partial charge on any atom is -0.496 e. The highest BCUT2D eigenvalue weighted by Crippen LogP contribution is 2.20. The van der Waals surface area contributed by atoms with Crippen molar-refractivity contribution in [3.05, 3.63) is 53.9 Å². The molecule has 1 aliphatic rings. The van der Waals surface area contributed by atoms with Crippen molar-refractivity contribution in [3.8, 4) is 5.75 Å². The van der Waals surface area contributed by atoms with Crippen molar-refractivity contribution in [2.75, 3.05) is 31.0 Å². The Kier molecular flexibility index (Phi) is 5.65. The summed E-state index contributed by atoms with van der Waals surface area (Å²) >= 11 is 0. The van der Waals surface area contributed by atoms with Crippen LogP contribution in [0.5, 0.6) is 5.75 Å². The van der Waals surface area contributed by atoms with Gasteiger partial charge in [0, 0.05) is 25.2 Å². The molecule has 2 heterocycles. The maximum Gasteiger partial charge on any atom is 0.272 e. The molecule has 8 heteroatoms. The van der Waals surface area contributed by atoms with Gasteiger partial charge >= 0.3 is 0 Å². The Bertz CT molecular complexity index is 913. The molecule has 0 bridgehead atoms. The van der Waals surface area contributed by atoms with Crippen LogP contribution in [0.15, 0.2) is 42.6 Å². The molecule has 1 saturated heterocycles. The number of benzene rings is 1. The maximum atomic E-state index is 12.5. The van der Waals surface area contributed by atoms with E-state index in [0.29, 0.717) is 18.7 Å². The molecule has 1 aliphatic heterocycles. The van der Waals surface area contributed by atoms with Crippen LogP contribution in [-0.2, 0) is 16.4 Å². The average Bonchev–Trinajstić information content (AvgIpc) is 3.05. The lowest BCUT2D eigenvalue weighted by Gasteiger charge is -2.23. The van der Waals surface area contributed by atoms with E-state index >= 15 is 0 Å². The molecule has 144 valence electrons. The lowest BCUT2D eigenvalue weighted by Crippen LogP contribution is -2.38. The van der Waals surface area contributed by atoms with Crippen molar-refractivity contribution in [1.29, 1.82) is 0 Å². The molecule has 1 amide bonds. The molecule has 0 radical (unpaired) electrons. The van der Waals surface area contributed by atoms with E-state index in [1.807, 2.05) is 24.3 Å². The Morgan fingerprint density at radius 1 is 1.30 bits per heavy atom. The lowest BCUT2D eigenvalue weighted by atomic mass is 10.2. The monoisotopic (exact) mass is 389 g/mol. The first-order valence-corrected chi connectivity index (χ1v) is 10.5. The maximum absolute atomic E-state index is 12.5. The number of hydrogen-bond donors (Lipinski definition) is 1. The van der Waals surface area contributed by atoms with Gasteiger partial charge in [-0.15, -0.1) is 0 Å². The molecule has 1 fully saturated rings. The SMILES string of the molecule is COc1ccccc1CNc1ccc(C(=O)N(C)C2CCS(=O)(=O)C2)nc1. The molecule has 1 aromatic heterocycles. The molecular weight excluding hydrogens is 366 g/mol. The molecule has 1 N–H and O–H groups in total. The van der Waals surface area contributed by atoms with Crippen LogP contribution in [0.25, 0.3) is 0 Å². The van der Waals surface area contributed by atoms with Gasteiger partial charge in [-0.25, -0.2) is 13.4 Å². The number of amides is 1. The van der Waals surface area contributed by atoms with Crippen LogP contribution < -0.4 is 10.1 Å². The van der Waals surface area contributed by atoms with Crippen molar-refractivity contribution in [3.63, 3.8) is 0 Å². The van der Waals surface area contributed by atoms with Crippen LogP contribution >= 0.6 is 0 Å². The molecule has 0 saturated carbocycles. The van der Waals surface area contributed by atoms with E-state index in [0.717, 1.165) is 17.0 Å². The van der Waals surface area contributed by atoms with Gasteiger partial charge in [-0.1, -0.05) is 18.2 Å². The number of nitrogens with zero attached hydrogens (tertiary/aromatic N) is 2. The fraction of sp³-hybridized carbons (Fsp3) is 0.368. The first-order valence-electron chi connectivity index (χ1n) is 8.69. The summed E-state index contributed by atoms with van der Waals surface area (Å²) in [5, 5.41) is 3.25. The minimum atomic E-state index is -3.04. The highest BCUT2D eigenvalue weighted by molar-refractivity contribution is 7.91. The number of rotatable bonds is 6. The molecule has 1 atom stereocenters. The molecule has 2 aromatic rings. The predicted octanol–water partition coefficient (Wildman–Crippen LogP) is 1.96. The number of carbonyl (C=O) groups is 1. The van der Waals surface area contributed by atoms with Crippen LogP contribution in [-0.4, -0.2) is 55.9 Å². The Morgan fingerprint density at radius 2 is 2.07 bits per heavy atom. The van der Waals surface area contributed by atoms with E-state index in [2.05, 4.69) is 10.3 Å². The number of para-hydroxylation sites is 1. The fourth-order valence-corrected chi connectivity index (χ4v) is 4.87. The van der Waals surface area contributed by atoms with E-state index in [1.165, 1.54) is 4.90 Å². The van der Waals surface area contributed by atoms with E-state index in [-0.39, 0.29) is 23.5 Å². The number of aromatic nitrogens is 1. The van der Waals surface area contributed by atoms with Gasteiger partial charge < -0.3 is 15.0 Å². The van der Waals surface area contributed by atoms with E-state index < -0.39 is 9.84 Å². The number of methoxy groups -OCH3 is 1. The number of ether oxygens (including phenoxy) is 1. The predicted molar refractivity (Wildman–Crippen MR) is 104 cm³/mol. The van der Waals surface area contributed by atoms with Crippen LogP contribution in [0.2, 0.25) is 0 Å². The van der Waals surface area contributed by atoms with Crippen molar-refractivity contribution < 1.29 is 17.9 Å². The smallest absolute Gasteiger partial charge is 0.272 e. The van der Waals surface area contributed by atoms with Gasteiger partial charge in [0.15, 0.2) is 9.84 Å². The Morgan fingerprint density at radius 3 is 2.70 bits per heavy atom. The first-order chi connectivity index (χ1) is 12.9. The van der Waals surface area contributed by atoms with Gasteiger partial charge in [0.1, 0.15) is 11.4 Å². The van der Waals surface area contributed by atoms with E-state index in [9.17, 15) is 13.2 Å². The number of anilines is 1. The number of nitrogens with one attached hydrogen (secondary N) is 1. The Balaban J connectivity index is 1.62. The molecule has 0 aliphatic carbocycles. The largest absolute Gasteiger partial charge is 0.496 e. The highest BCUT2D eigenvalue weighted by atomic mass is 32.2. The zero-order valence-electron chi connectivity index (χ0n) is 15.4. The molecule has 7 nitrogen and oxygen atoms in total. The van der Waals surface area contributed by atoms with Gasteiger partial charge in [-0.3, -0.25) is 4.79 Å². The average molecular weight is 389 g/mol. The second-order valence-electron chi connectivity index (χ2n) is 6.57. The van der Waals surface area contributed by atoms with Crippen molar-refractivity contribution in [2.45, 2.75) is 19.0 Å². The van der Waals surface area contributed by atoms with Crippen molar-refractivity contribution in [2.24, 2.45) is 0 Å². The number of hydrogen-bond acceptors (Lipinski definition) is 6. The zero-order valence-corrected chi connectivity index (χ0v) is 16.2. The first kappa shape index (κ1) is 19.2. The summed E-state index contributed by atoms with van der Waals surface area (Å²) in [5.41, 5.74) is 2.09. The minimum absolute atomic E-state index is 0.0216. The fourth-order valence-electron chi connectivity index (χ4n) is 3.10. The van der Waals surface area contributed by atoms with E-state index in [1.54, 1.807) is 32.5 Å². The number of sulfone groups is 1. The van der Waals surface area contributed by atoms with Crippen LogP contribution in [0, 0.1) is 0 Å². The molecule has 1 aromatic carbocycles. The van der Waals surface area contributed by atoms with Crippen LogP contribution in [0.1, 0.15) is 22.5 Å². The van der Waals surface area contributed by atoms with Crippen molar-refractivity contribution >= 4 is 21.4 Å².